The molecule has 7 nitrogen and oxygen atoms in total. The number of aryl methyl sites for hydroxylation is 2. The Morgan fingerprint density at radius 1 is 1.06 bits per heavy atom. The summed E-state index contributed by atoms with van der Waals surface area (Å²) in [5, 5.41) is 0.478. The van der Waals surface area contributed by atoms with Gasteiger partial charge in [-0.15, -0.1) is 11.3 Å². The lowest BCUT2D eigenvalue weighted by molar-refractivity contribution is -0.142. The van der Waals surface area contributed by atoms with Crippen molar-refractivity contribution in [1.29, 1.82) is 0 Å². The molecular formula is C24H25N3O4S. The van der Waals surface area contributed by atoms with E-state index in [0.717, 1.165) is 37.9 Å². The summed E-state index contributed by atoms with van der Waals surface area (Å²) in [5.41, 5.74) is 1.12. The Morgan fingerprint density at radius 2 is 1.81 bits per heavy atom. The van der Waals surface area contributed by atoms with Crippen LogP contribution in [0.4, 0.5) is 0 Å². The van der Waals surface area contributed by atoms with E-state index < -0.39 is 12.1 Å². The number of rotatable bonds is 4. The second-order valence-corrected chi connectivity index (χ2v) is 9.41. The van der Waals surface area contributed by atoms with Crippen molar-refractivity contribution in [2.24, 2.45) is 0 Å². The maximum atomic E-state index is 13.3. The average Bonchev–Trinajstić information content (AvgIpc) is 3.43. The summed E-state index contributed by atoms with van der Waals surface area (Å²) in [4.78, 5) is 46.8. The van der Waals surface area contributed by atoms with Crippen LogP contribution in [0, 0.1) is 6.92 Å². The molecule has 0 saturated carbocycles. The number of esters is 1. The minimum Gasteiger partial charge on any atom is -0.443 e. The lowest BCUT2D eigenvalue weighted by atomic mass is 10.1. The first-order valence-electron chi connectivity index (χ1n) is 11.1. The number of thiophene rings is 1. The van der Waals surface area contributed by atoms with E-state index in [9.17, 15) is 14.4 Å². The van der Waals surface area contributed by atoms with E-state index in [4.69, 9.17) is 4.74 Å². The van der Waals surface area contributed by atoms with Crippen molar-refractivity contribution in [3.8, 4) is 0 Å². The highest BCUT2D eigenvalue weighted by Crippen LogP contribution is 2.31. The third kappa shape index (κ3) is 3.62. The van der Waals surface area contributed by atoms with Gasteiger partial charge in [-0.05, 0) is 38.2 Å². The Morgan fingerprint density at radius 3 is 2.56 bits per heavy atom. The molecule has 1 fully saturated rings. The number of amides is 1. The first-order valence-corrected chi connectivity index (χ1v) is 11.9. The predicted molar refractivity (Wildman–Crippen MR) is 122 cm³/mol. The standard InChI is InChI=1S/C24H25N3O4S/c1-15-18-21(25-17-11-8-14-27(17)22(18)28)32-20(15)24(30)31-19(16-9-4-2-5-10-16)23(29)26-12-6-3-7-13-26/h2,4-5,9-10,19H,3,6-8,11-14H2,1H3. The fourth-order valence-electron chi connectivity index (χ4n) is 4.60. The second-order valence-electron chi connectivity index (χ2n) is 8.41. The van der Waals surface area contributed by atoms with Crippen LogP contribution in [0.25, 0.3) is 10.2 Å². The van der Waals surface area contributed by atoms with Crippen molar-refractivity contribution in [3.05, 3.63) is 62.5 Å². The van der Waals surface area contributed by atoms with Crippen LogP contribution in [0.1, 0.15) is 58.4 Å². The van der Waals surface area contributed by atoms with E-state index in [0.29, 0.717) is 45.9 Å². The number of fused-ring (bicyclic) bond motifs is 2. The minimum absolute atomic E-state index is 0.0979. The van der Waals surface area contributed by atoms with Crippen LogP contribution in [0.2, 0.25) is 0 Å². The molecule has 0 aliphatic carbocycles. The topological polar surface area (TPSA) is 81.5 Å². The normalized spacial score (nSPS) is 16.7. The molecule has 1 amide bonds. The molecule has 0 radical (unpaired) electrons. The highest BCUT2D eigenvalue weighted by Gasteiger charge is 2.32. The molecule has 0 bridgehead atoms. The number of hydrogen-bond donors (Lipinski definition) is 0. The van der Waals surface area contributed by atoms with E-state index in [1.54, 1.807) is 28.5 Å². The fraction of sp³-hybridized carbons (Fsp3) is 0.417. The molecule has 2 aliphatic rings. The molecular weight excluding hydrogens is 426 g/mol. The number of carbonyl (C=O) groups is 2. The number of carbonyl (C=O) groups excluding carboxylic acids is 2. The number of aromatic nitrogens is 2. The molecule has 4 heterocycles. The summed E-state index contributed by atoms with van der Waals surface area (Å²) in [6, 6.07) is 9.13. The lowest BCUT2D eigenvalue weighted by Gasteiger charge is -2.30. The first-order chi connectivity index (χ1) is 15.5. The Labute approximate surface area is 189 Å². The molecule has 8 heteroatoms. The van der Waals surface area contributed by atoms with Gasteiger partial charge in [0.05, 0.1) is 5.39 Å². The second kappa shape index (κ2) is 8.50. The van der Waals surface area contributed by atoms with Crippen LogP contribution in [0.3, 0.4) is 0 Å². The molecule has 1 atom stereocenters. The summed E-state index contributed by atoms with van der Waals surface area (Å²) < 4.78 is 7.53. The van der Waals surface area contributed by atoms with Crippen molar-refractivity contribution in [1.82, 2.24) is 14.5 Å². The van der Waals surface area contributed by atoms with Gasteiger partial charge in [-0.25, -0.2) is 9.78 Å². The minimum atomic E-state index is -1.01. The SMILES string of the molecule is Cc1c(C(=O)OC(C(=O)N2CCCCC2)c2ccccc2)sc2nc3n(c(=O)c12)CCC3. The van der Waals surface area contributed by atoms with E-state index in [-0.39, 0.29) is 11.5 Å². The lowest BCUT2D eigenvalue weighted by Crippen LogP contribution is -2.40. The first kappa shape index (κ1) is 20.9. The van der Waals surface area contributed by atoms with E-state index in [2.05, 4.69) is 4.98 Å². The largest absolute Gasteiger partial charge is 0.443 e. The summed E-state index contributed by atoms with van der Waals surface area (Å²) in [6.45, 7) is 3.76. The number of benzene rings is 1. The quantitative estimate of drug-likeness (QED) is 0.566. The van der Waals surface area contributed by atoms with Crippen molar-refractivity contribution < 1.29 is 14.3 Å². The fourth-order valence-corrected chi connectivity index (χ4v) is 5.67. The summed E-state index contributed by atoms with van der Waals surface area (Å²) in [5.74, 6) is -0.0134. The third-order valence-corrected chi connectivity index (χ3v) is 7.48. The van der Waals surface area contributed by atoms with E-state index in [1.165, 1.54) is 11.3 Å². The van der Waals surface area contributed by atoms with Crippen molar-refractivity contribution >= 4 is 33.4 Å². The van der Waals surface area contributed by atoms with Gasteiger partial charge in [-0.3, -0.25) is 14.2 Å². The summed E-state index contributed by atoms with van der Waals surface area (Å²) in [6.07, 6.45) is 3.68. The molecule has 0 spiro atoms. The predicted octanol–water partition coefficient (Wildman–Crippen LogP) is 3.62. The number of ether oxygens (including phenoxy) is 1. The molecule has 166 valence electrons. The number of hydrogen-bond acceptors (Lipinski definition) is 6. The maximum absolute atomic E-state index is 13.3. The van der Waals surface area contributed by atoms with Gasteiger partial charge in [-0.1, -0.05) is 30.3 Å². The average molecular weight is 452 g/mol. The molecule has 2 aliphatic heterocycles. The molecule has 1 unspecified atom stereocenters. The number of nitrogens with zero attached hydrogens (tertiary/aromatic N) is 3. The van der Waals surface area contributed by atoms with Gasteiger partial charge < -0.3 is 9.64 Å². The smallest absolute Gasteiger partial charge is 0.349 e. The summed E-state index contributed by atoms with van der Waals surface area (Å²) in [7, 11) is 0. The van der Waals surface area contributed by atoms with Crippen LogP contribution in [-0.2, 0) is 22.5 Å². The molecule has 0 N–H and O–H groups in total. The zero-order chi connectivity index (χ0) is 22.2. The van der Waals surface area contributed by atoms with E-state index in [1.807, 2.05) is 18.2 Å². The highest BCUT2D eigenvalue weighted by atomic mass is 32.1. The highest BCUT2D eigenvalue weighted by molar-refractivity contribution is 7.20. The van der Waals surface area contributed by atoms with Gasteiger partial charge in [0, 0.05) is 31.6 Å². The van der Waals surface area contributed by atoms with Gasteiger partial charge in [0.15, 0.2) is 0 Å². The van der Waals surface area contributed by atoms with Crippen molar-refractivity contribution in [3.63, 3.8) is 0 Å². The van der Waals surface area contributed by atoms with E-state index >= 15 is 0 Å². The van der Waals surface area contributed by atoms with Crippen LogP contribution in [0.5, 0.6) is 0 Å². The Bertz CT molecular complexity index is 1240. The molecule has 5 rings (SSSR count). The van der Waals surface area contributed by atoms with Gasteiger partial charge in [0.1, 0.15) is 15.5 Å². The van der Waals surface area contributed by atoms with Crippen LogP contribution in [-0.4, -0.2) is 39.4 Å². The Balaban J connectivity index is 1.49. The molecule has 1 saturated heterocycles. The number of piperidine rings is 1. The zero-order valence-corrected chi connectivity index (χ0v) is 18.8. The molecule has 2 aromatic heterocycles. The number of likely N-dealkylation sites (tertiary alicyclic amines) is 1. The zero-order valence-electron chi connectivity index (χ0n) is 18.0. The monoisotopic (exact) mass is 451 g/mol. The van der Waals surface area contributed by atoms with Crippen LogP contribution >= 0.6 is 11.3 Å². The van der Waals surface area contributed by atoms with Gasteiger partial charge in [0.25, 0.3) is 11.5 Å². The van der Waals surface area contributed by atoms with Crippen LogP contribution < -0.4 is 5.56 Å². The Hall–Kier alpha value is -3.00. The summed E-state index contributed by atoms with van der Waals surface area (Å²) >= 11 is 1.17. The third-order valence-electron chi connectivity index (χ3n) is 6.32. The Kier molecular flexibility index (Phi) is 5.55. The molecule has 32 heavy (non-hydrogen) atoms. The molecule has 1 aromatic carbocycles. The van der Waals surface area contributed by atoms with Crippen molar-refractivity contribution in [2.45, 2.75) is 51.7 Å². The van der Waals surface area contributed by atoms with Crippen LogP contribution in [0.15, 0.2) is 35.1 Å². The maximum Gasteiger partial charge on any atom is 0.349 e. The molecule has 3 aromatic rings. The van der Waals surface area contributed by atoms with Gasteiger partial charge in [0.2, 0.25) is 6.10 Å². The van der Waals surface area contributed by atoms with Gasteiger partial charge in [-0.2, -0.15) is 0 Å². The van der Waals surface area contributed by atoms with Crippen molar-refractivity contribution in [2.75, 3.05) is 13.1 Å². The van der Waals surface area contributed by atoms with Gasteiger partial charge >= 0.3 is 5.97 Å².